The highest BCUT2D eigenvalue weighted by atomic mass is 32.2. The van der Waals surface area contributed by atoms with Gasteiger partial charge in [0.05, 0.1) is 6.61 Å². The van der Waals surface area contributed by atoms with Crippen LogP contribution in [0.4, 0.5) is 5.13 Å². The van der Waals surface area contributed by atoms with E-state index in [0.29, 0.717) is 6.42 Å². The van der Waals surface area contributed by atoms with Crippen molar-refractivity contribution >= 4 is 57.7 Å². The molecule has 2 unspecified atom stereocenters. The van der Waals surface area contributed by atoms with Crippen molar-refractivity contribution < 1.29 is 38.6 Å². The van der Waals surface area contributed by atoms with Crippen LogP contribution in [0.5, 0.6) is 0 Å². The molecule has 1 aromatic heterocycles. The zero-order chi connectivity index (χ0) is 25.6. The number of amides is 2. The number of thiazole rings is 1. The predicted octanol–water partition coefficient (Wildman–Crippen LogP) is 0.170. The molecule has 192 valence electrons. The molecule has 2 aliphatic rings. The number of anilines is 1. The number of oxime groups is 1. The van der Waals surface area contributed by atoms with E-state index in [-0.39, 0.29) is 41.9 Å². The number of hydrogen-bond donors (Lipinski definition) is 3. The van der Waals surface area contributed by atoms with Crippen LogP contribution in [0, 0.1) is 5.41 Å². The highest BCUT2D eigenvalue weighted by Crippen LogP contribution is 2.43. The molecule has 2 aliphatic heterocycles. The molecular formula is C20H27N5O8S2. The average molecular weight is 530 g/mol. The molecule has 35 heavy (non-hydrogen) atoms. The van der Waals surface area contributed by atoms with Crippen LogP contribution in [0.15, 0.2) is 10.5 Å². The van der Waals surface area contributed by atoms with Crippen molar-refractivity contribution in [1.29, 1.82) is 0 Å². The van der Waals surface area contributed by atoms with Gasteiger partial charge in [-0.05, 0) is 6.42 Å². The van der Waals surface area contributed by atoms with E-state index in [9.17, 15) is 24.4 Å². The topological polar surface area (TPSA) is 183 Å². The maximum absolute atomic E-state index is 12.9. The number of thioether (sulfide) groups is 1. The molecule has 1 aromatic rings. The number of nitrogens with one attached hydrogen (secondary N) is 1. The van der Waals surface area contributed by atoms with Crippen molar-refractivity contribution in [3.63, 3.8) is 0 Å². The summed E-state index contributed by atoms with van der Waals surface area (Å²) in [5.74, 6) is -2.06. The lowest BCUT2D eigenvalue weighted by Crippen LogP contribution is -2.74. The number of nitrogen functional groups attached to an aromatic ring is 1. The largest absolute Gasteiger partial charge is 0.428 e. The first-order valence-corrected chi connectivity index (χ1v) is 12.7. The Morgan fingerprint density at radius 3 is 2.80 bits per heavy atom. The third kappa shape index (κ3) is 5.85. The van der Waals surface area contributed by atoms with Crippen molar-refractivity contribution in [2.45, 2.75) is 37.6 Å². The minimum Gasteiger partial charge on any atom is -0.428 e. The van der Waals surface area contributed by atoms with E-state index in [2.05, 4.69) is 15.5 Å². The van der Waals surface area contributed by atoms with Crippen LogP contribution < -0.4 is 11.1 Å². The molecule has 0 spiro atoms. The maximum Gasteiger partial charge on any atom is 0.319 e. The number of hydrogen-bond acceptors (Lipinski definition) is 13. The number of nitrogens with zero attached hydrogens (tertiary/aromatic N) is 3. The lowest BCUT2D eigenvalue weighted by molar-refractivity contribution is -0.179. The minimum atomic E-state index is -1.16. The second-order valence-corrected chi connectivity index (χ2v) is 10.0. The molecule has 2 saturated heterocycles. The maximum atomic E-state index is 12.9. The van der Waals surface area contributed by atoms with Crippen LogP contribution in [-0.2, 0) is 33.4 Å². The van der Waals surface area contributed by atoms with E-state index in [1.807, 2.05) is 6.92 Å². The number of nitrogens with two attached hydrogens (primary N) is 1. The summed E-state index contributed by atoms with van der Waals surface area (Å²) in [7, 11) is 1.43. The Hall–Kier alpha value is -2.91. The monoisotopic (exact) mass is 529 g/mol. The molecule has 4 N–H and O–H groups in total. The number of ether oxygens (including phenoxy) is 3. The smallest absolute Gasteiger partial charge is 0.319 e. The van der Waals surface area contributed by atoms with E-state index in [4.69, 9.17) is 19.9 Å². The molecule has 2 fully saturated rings. The normalized spacial score (nSPS) is 23.8. The Bertz CT molecular complexity index is 1000. The van der Waals surface area contributed by atoms with Crippen LogP contribution in [-0.4, -0.2) is 88.8 Å². The van der Waals surface area contributed by atoms with Gasteiger partial charge in [-0.15, -0.1) is 23.1 Å². The highest BCUT2D eigenvalue weighted by molar-refractivity contribution is 8.00. The van der Waals surface area contributed by atoms with Crippen LogP contribution in [0.2, 0.25) is 0 Å². The van der Waals surface area contributed by atoms with Crippen molar-refractivity contribution in [3.8, 4) is 0 Å². The second kappa shape index (κ2) is 11.7. The van der Waals surface area contributed by atoms with E-state index in [1.165, 1.54) is 29.2 Å². The average Bonchev–Trinajstić information content (AvgIpc) is 3.27. The molecule has 0 aromatic carbocycles. The van der Waals surface area contributed by atoms with Gasteiger partial charge in [-0.2, -0.15) is 0 Å². The molecule has 0 radical (unpaired) electrons. The summed E-state index contributed by atoms with van der Waals surface area (Å²) in [6.45, 7) is 1.43. The highest BCUT2D eigenvalue weighted by Gasteiger charge is 2.58. The number of aromatic nitrogens is 1. The number of rotatable bonds is 11. The van der Waals surface area contributed by atoms with Gasteiger partial charge in [0.25, 0.3) is 5.91 Å². The number of esters is 2. The molecule has 15 heteroatoms. The zero-order valence-electron chi connectivity index (χ0n) is 19.2. The molecule has 2 amide bonds. The van der Waals surface area contributed by atoms with Crippen molar-refractivity contribution in [2.24, 2.45) is 10.6 Å². The number of β-lactam (4-membered cyclic amide) rings is 1. The molecule has 3 rings (SSSR count). The Kier molecular flexibility index (Phi) is 8.91. The summed E-state index contributed by atoms with van der Waals surface area (Å²) in [5, 5.41) is 16.0. The lowest BCUT2D eigenvalue weighted by Gasteiger charge is -2.53. The number of unbranched alkanes of at least 4 members (excludes halogenated alkanes) is 1. The predicted molar refractivity (Wildman–Crippen MR) is 126 cm³/mol. The number of fused-ring (bicyclic) bond motifs is 1. The Morgan fingerprint density at radius 2 is 2.17 bits per heavy atom. The molecule has 3 heterocycles. The SMILES string of the molecule is CCCCC(=O)OCOC(=O)C1(COC)CS[C@@H]2C(NC(=O)C(=NO)c3csc(N)n3)C(=O)N2C1. The summed E-state index contributed by atoms with van der Waals surface area (Å²) >= 11 is 2.35. The van der Waals surface area contributed by atoms with Gasteiger partial charge >= 0.3 is 11.9 Å². The molecule has 3 atom stereocenters. The van der Waals surface area contributed by atoms with Gasteiger partial charge in [0.15, 0.2) is 10.8 Å². The lowest BCUT2D eigenvalue weighted by atomic mass is 9.88. The summed E-state index contributed by atoms with van der Waals surface area (Å²) in [6, 6.07) is -0.878. The quantitative estimate of drug-likeness (QED) is 0.0887. The van der Waals surface area contributed by atoms with Gasteiger partial charge in [-0.25, -0.2) is 4.98 Å². The van der Waals surface area contributed by atoms with Crippen molar-refractivity contribution in [3.05, 3.63) is 11.1 Å². The summed E-state index contributed by atoms with van der Waals surface area (Å²) < 4.78 is 15.3. The second-order valence-electron chi connectivity index (χ2n) is 8.02. The summed E-state index contributed by atoms with van der Waals surface area (Å²) in [6.07, 6.45) is 1.75. The fourth-order valence-corrected chi connectivity index (χ4v) is 5.75. The van der Waals surface area contributed by atoms with Crippen LogP contribution >= 0.6 is 23.1 Å². The van der Waals surface area contributed by atoms with Gasteiger partial charge in [0, 0.05) is 31.2 Å². The van der Waals surface area contributed by atoms with Gasteiger partial charge in [-0.3, -0.25) is 19.2 Å². The number of carbonyl (C=O) groups excluding carboxylic acids is 4. The molecule has 13 nitrogen and oxygen atoms in total. The Balaban J connectivity index is 1.59. The third-order valence-corrected chi connectivity index (χ3v) is 7.77. The van der Waals surface area contributed by atoms with Gasteiger partial charge in [0.1, 0.15) is 22.5 Å². The van der Waals surface area contributed by atoms with Crippen molar-refractivity contribution in [2.75, 3.05) is 38.5 Å². The Morgan fingerprint density at radius 1 is 1.40 bits per heavy atom. The van der Waals surface area contributed by atoms with Crippen LogP contribution in [0.3, 0.4) is 0 Å². The van der Waals surface area contributed by atoms with E-state index >= 15 is 0 Å². The van der Waals surface area contributed by atoms with E-state index in [1.54, 1.807) is 0 Å². The van der Waals surface area contributed by atoms with Crippen LogP contribution in [0.25, 0.3) is 0 Å². The zero-order valence-corrected chi connectivity index (χ0v) is 20.9. The third-order valence-electron chi connectivity index (χ3n) is 5.51. The molecular weight excluding hydrogens is 502 g/mol. The number of methoxy groups -OCH3 is 1. The first kappa shape index (κ1) is 26.7. The van der Waals surface area contributed by atoms with Crippen molar-refractivity contribution in [1.82, 2.24) is 15.2 Å². The van der Waals surface area contributed by atoms with Crippen LogP contribution in [0.1, 0.15) is 31.9 Å². The van der Waals surface area contributed by atoms with Gasteiger partial charge in [-0.1, -0.05) is 18.5 Å². The first-order valence-electron chi connectivity index (χ1n) is 10.7. The molecule has 0 bridgehead atoms. The van der Waals surface area contributed by atoms with E-state index < -0.39 is 47.4 Å². The summed E-state index contributed by atoms with van der Waals surface area (Å²) in [5.41, 5.74) is 4.12. The fourth-order valence-electron chi connectivity index (χ4n) is 3.69. The summed E-state index contributed by atoms with van der Waals surface area (Å²) in [4.78, 5) is 55.2. The molecule has 0 aliphatic carbocycles. The molecule has 0 saturated carbocycles. The standard InChI is InChI=1S/C20H27N5O8S2/c1-3-4-5-12(26)32-10-33-18(29)20(8-31-2)7-25-16(28)14(17(25)35-9-20)23-15(27)13(24-30)11-6-34-19(21)22-11/h6,14,17,30H,3-5,7-10H2,1-2H3,(H2,21,22)(H,23,27)/t14?,17-,20?/m1/s1. The number of carbonyl (C=O) groups is 4. The Labute approximate surface area is 209 Å². The first-order chi connectivity index (χ1) is 16.8. The van der Waals surface area contributed by atoms with Gasteiger partial charge < -0.3 is 35.4 Å². The fraction of sp³-hybridized carbons (Fsp3) is 0.600. The van der Waals surface area contributed by atoms with Gasteiger partial charge in [0.2, 0.25) is 12.7 Å². The van der Waals surface area contributed by atoms with E-state index in [0.717, 1.165) is 17.8 Å². The minimum absolute atomic E-state index is 0.00981.